The van der Waals surface area contributed by atoms with Crippen molar-refractivity contribution in [1.29, 1.82) is 0 Å². The molecule has 0 unspecified atom stereocenters. The normalized spacial score (nSPS) is 11.2. The summed E-state index contributed by atoms with van der Waals surface area (Å²) >= 11 is 0. The molecule has 0 atom stereocenters. The Balaban J connectivity index is 2.03. The van der Waals surface area contributed by atoms with Gasteiger partial charge >= 0.3 is 0 Å². The van der Waals surface area contributed by atoms with Crippen LogP contribution in [-0.2, 0) is 16.6 Å². The highest BCUT2D eigenvalue weighted by molar-refractivity contribution is 7.92. The van der Waals surface area contributed by atoms with Crippen molar-refractivity contribution < 1.29 is 12.8 Å². The van der Waals surface area contributed by atoms with Crippen LogP contribution in [0.1, 0.15) is 5.56 Å². The van der Waals surface area contributed by atoms with Gasteiger partial charge in [-0.1, -0.05) is 6.07 Å². The molecule has 0 radical (unpaired) electrons. The molecule has 5 nitrogen and oxygen atoms in total. The molecule has 0 aliphatic heterocycles. The van der Waals surface area contributed by atoms with E-state index in [0.29, 0.717) is 12.2 Å². The lowest BCUT2D eigenvalue weighted by Crippen LogP contribution is -2.09. The van der Waals surface area contributed by atoms with Gasteiger partial charge in [0.05, 0.1) is 24.5 Å². The zero-order valence-corrected chi connectivity index (χ0v) is 10.7. The molecule has 2 rings (SSSR count). The van der Waals surface area contributed by atoms with E-state index in [-0.39, 0.29) is 0 Å². The van der Waals surface area contributed by atoms with E-state index in [2.05, 4.69) is 10.0 Å². The maximum absolute atomic E-state index is 11.1. The summed E-state index contributed by atoms with van der Waals surface area (Å²) in [6.07, 6.45) is 4.39. The number of benzene rings is 1. The molecule has 96 valence electrons. The molecule has 0 fully saturated rings. The van der Waals surface area contributed by atoms with Gasteiger partial charge in [0.2, 0.25) is 10.0 Å². The van der Waals surface area contributed by atoms with Crippen molar-refractivity contribution in [1.82, 2.24) is 0 Å². The fraction of sp³-hybridized carbons (Fsp3) is 0.167. The van der Waals surface area contributed by atoms with Crippen LogP contribution in [-0.4, -0.2) is 14.7 Å². The van der Waals surface area contributed by atoms with E-state index in [9.17, 15) is 8.42 Å². The Morgan fingerprint density at radius 2 is 2.00 bits per heavy atom. The predicted molar refractivity (Wildman–Crippen MR) is 70.9 cm³/mol. The number of sulfonamides is 1. The number of anilines is 2. The lowest BCUT2D eigenvalue weighted by Gasteiger charge is -2.08. The van der Waals surface area contributed by atoms with Gasteiger partial charge in [-0.3, -0.25) is 4.72 Å². The molecule has 2 aromatic rings. The summed E-state index contributed by atoms with van der Waals surface area (Å²) in [5.41, 5.74) is 2.40. The molecule has 2 N–H and O–H groups in total. The van der Waals surface area contributed by atoms with Crippen molar-refractivity contribution in [3.8, 4) is 0 Å². The number of nitrogens with one attached hydrogen (secondary N) is 2. The molecular formula is C12H14N2O3S. The van der Waals surface area contributed by atoms with E-state index in [1.165, 1.54) is 0 Å². The number of hydrogen-bond donors (Lipinski definition) is 2. The Hall–Kier alpha value is -1.95. The van der Waals surface area contributed by atoms with Gasteiger partial charge in [0, 0.05) is 17.8 Å². The summed E-state index contributed by atoms with van der Waals surface area (Å²) in [7, 11) is -3.24. The van der Waals surface area contributed by atoms with E-state index >= 15 is 0 Å². The Kier molecular flexibility index (Phi) is 3.57. The van der Waals surface area contributed by atoms with E-state index in [1.807, 2.05) is 12.1 Å². The van der Waals surface area contributed by atoms with E-state index < -0.39 is 10.0 Å². The zero-order valence-electron chi connectivity index (χ0n) is 9.88. The SMILES string of the molecule is CS(=O)(=O)Nc1cccc(NCc2ccoc2)c1. The van der Waals surface area contributed by atoms with Crippen LogP contribution in [0, 0.1) is 0 Å². The molecule has 0 aliphatic rings. The Morgan fingerprint density at radius 3 is 2.67 bits per heavy atom. The maximum atomic E-state index is 11.1. The fourth-order valence-electron chi connectivity index (χ4n) is 1.50. The van der Waals surface area contributed by atoms with Gasteiger partial charge < -0.3 is 9.73 Å². The van der Waals surface area contributed by atoms with Crippen LogP contribution in [0.5, 0.6) is 0 Å². The van der Waals surface area contributed by atoms with Crippen LogP contribution in [0.3, 0.4) is 0 Å². The minimum atomic E-state index is -3.24. The first-order valence-electron chi connectivity index (χ1n) is 5.36. The van der Waals surface area contributed by atoms with Gasteiger partial charge in [-0.15, -0.1) is 0 Å². The summed E-state index contributed by atoms with van der Waals surface area (Å²) in [5.74, 6) is 0. The lowest BCUT2D eigenvalue weighted by atomic mass is 10.2. The lowest BCUT2D eigenvalue weighted by molar-refractivity contribution is 0.564. The third-order valence-electron chi connectivity index (χ3n) is 2.24. The van der Waals surface area contributed by atoms with Crippen LogP contribution in [0.15, 0.2) is 47.3 Å². The molecule has 1 aromatic heterocycles. The molecule has 0 amide bonds. The van der Waals surface area contributed by atoms with Crippen molar-refractivity contribution in [2.24, 2.45) is 0 Å². The van der Waals surface area contributed by atoms with E-state index in [1.54, 1.807) is 30.7 Å². The van der Waals surface area contributed by atoms with Gasteiger partial charge in [0.1, 0.15) is 0 Å². The standard InChI is InChI=1S/C12H14N2O3S/c1-18(15,16)14-12-4-2-3-11(7-12)13-8-10-5-6-17-9-10/h2-7,9,13-14H,8H2,1H3. The van der Waals surface area contributed by atoms with Crippen LogP contribution >= 0.6 is 0 Å². The third kappa shape index (κ3) is 3.81. The quantitative estimate of drug-likeness (QED) is 0.870. The average Bonchev–Trinajstić information content (AvgIpc) is 2.77. The second kappa shape index (κ2) is 5.14. The molecule has 0 saturated heterocycles. The summed E-state index contributed by atoms with van der Waals surface area (Å²) in [6.45, 7) is 0.624. The summed E-state index contributed by atoms with van der Waals surface area (Å²) in [5, 5.41) is 3.18. The second-order valence-corrected chi connectivity index (χ2v) is 5.69. The molecule has 6 heteroatoms. The molecule has 18 heavy (non-hydrogen) atoms. The van der Waals surface area contributed by atoms with Gasteiger partial charge in [-0.05, 0) is 24.3 Å². The fourth-order valence-corrected chi connectivity index (χ4v) is 2.06. The second-order valence-electron chi connectivity index (χ2n) is 3.94. The van der Waals surface area contributed by atoms with Crippen LogP contribution in [0.2, 0.25) is 0 Å². The maximum Gasteiger partial charge on any atom is 0.229 e. The molecule has 1 heterocycles. The van der Waals surface area contributed by atoms with Crippen molar-refractivity contribution in [2.45, 2.75) is 6.54 Å². The van der Waals surface area contributed by atoms with Crippen LogP contribution in [0.4, 0.5) is 11.4 Å². The highest BCUT2D eigenvalue weighted by atomic mass is 32.2. The number of hydrogen-bond acceptors (Lipinski definition) is 4. The average molecular weight is 266 g/mol. The first-order chi connectivity index (χ1) is 8.53. The predicted octanol–water partition coefficient (Wildman–Crippen LogP) is 2.26. The van der Waals surface area contributed by atoms with Crippen molar-refractivity contribution >= 4 is 21.4 Å². The largest absolute Gasteiger partial charge is 0.472 e. The van der Waals surface area contributed by atoms with Crippen molar-refractivity contribution in [3.05, 3.63) is 48.4 Å². The molecule has 0 spiro atoms. The molecule has 1 aromatic carbocycles. The highest BCUT2D eigenvalue weighted by Crippen LogP contribution is 2.16. The highest BCUT2D eigenvalue weighted by Gasteiger charge is 2.02. The van der Waals surface area contributed by atoms with Crippen LogP contribution in [0.25, 0.3) is 0 Å². The van der Waals surface area contributed by atoms with Gasteiger partial charge in [-0.2, -0.15) is 0 Å². The zero-order chi connectivity index (χ0) is 13.0. The summed E-state index contributed by atoms with van der Waals surface area (Å²) < 4.78 is 29.6. The Labute approximate surface area is 106 Å². The Morgan fingerprint density at radius 1 is 1.22 bits per heavy atom. The Bertz CT molecular complexity index is 606. The smallest absolute Gasteiger partial charge is 0.229 e. The molecule has 0 saturated carbocycles. The summed E-state index contributed by atoms with van der Waals surface area (Å²) in [4.78, 5) is 0. The number of furan rings is 1. The molecular weight excluding hydrogens is 252 g/mol. The minimum absolute atomic E-state index is 0.537. The third-order valence-corrected chi connectivity index (χ3v) is 2.85. The van der Waals surface area contributed by atoms with E-state index in [4.69, 9.17) is 4.42 Å². The minimum Gasteiger partial charge on any atom is -0.472 e. The summed E-state index contributed by atoms with van der Waals surface area (Å²) in [6, 6.07) is 8.95. The van der Waals surface area contributed by atoms with Gasteiger partial charge in [0.15, 0.2) is 0 Å². The van der Waals surface area contributed by atoms with Crippen molar-refractivity contribution in [2.75, 3.05) is 16.3 Å². The number of rotatable bonds is 5. The van der Waals surface area contributed by atoms with Crippen molar-refractivity contribution in [3.63, 3.8) is 0 Å². The molecule has 0 aliphatic carbocycles. The first kappa shape index (κ1) is 12.5. The topological polar surface area (TPSA) is 71.3 Å². The van der Waals surface area contributed by atoms with E-state index in [0.717, 1.165) is 17.5 Å². The van der Waals surface area contributed by atoms with Gasteiger partial charge in [0.25, 0.3) is 0 Å². The van der Waals surface area contributed by atoms with Crippen LogP contribution < -0.4 is 10.0 Å². The van der Waals surface area contributed by atoms with Gasteiger partial charge in [-0.25, -0.2) is 8.42 Å². The molecule has 0 bridgehead atoms. The first-order valence-corrected chi connectivity index (χ1v) is 7.25. The monoisotopic (exact) mass is 266 g/mol.